The predicted octanol–water partition coefficient (Wildman–Crippen LogP) is 2.11. The van der Waals surface area contributed by atoms with Gasteiger partial charge in [0.25, 0.3) is 0 Å². The van der Waals surface area contributed by atoms with Crippen LogP contribution in [0.15, 0.2) is 28.8 Å². The highest BCUT2D eigenvalue weighted by Crippen LogP contribution is 2.19. The summed E-state index contributed by atoms with van der Waals surface area (Å²) in [6.45, 7) is 5.82. The fourth-order valence-corrected chi connectivity index (χ4v) is 2.34. The molecule has 2 N–H and O–H groups in total. The van der Waals surface area contributed by atoms with Crippen LogP contribution in [-0.4, -0.2) is 42.0 Å². The molecule has 0 aliphatic heterocycles. The highest BCUT2D eigenvalue weighted by Gasteiger charge is 2.13. The number of hydrogen-bond acceptors (Lipinski definition) is 5. The highest BCUT2D eigenvalue weighted by molar-refractivity contribution is 5.95. The summed E-state index contributed by atoms with van der Waals surface area (Å²) in [5.74, 6) is 0.558. The first-order chi connectivity index (χ1) is 11.3. The van der Waals surface area contributed by atoms with Crippen molar-refractivity contribution in [3.8, 4) is 0 Å². The Balaban J connectivity index is 1.84. The lowest BCUT2D eigenvalue weighted by Crippen LogP contribution is -2.36. The minimum absolute atomic E-state index is 0.0755. The van der Waals surface area contributed by atoms with Crippen LogP contribution in [0.4, 0.5) is 11.5 Å². The molecule has 2 aromatic rings. The van der Waals surface area contributed by atoms with Gasteiger partial charge in [-0.05, 0) is 38.9 Å². The Bertz CT molecular complexity index is 719. The first-order valence-corrected chi connectivity index (χ1v) is 7.63. The first kappa shape index (κ1) is 17.7. The number of aryl methyl sites for hydroxylation is 3. The van der Waals surface area contributed by atoms with Gasteiger partial charge in [-0.1, -0.05) is 23.4 Å². The highest BCUT2D eigenvalue weighted by atomic mass is 16.5. The molecular formula is C17H22N4O3. The normalized spacial score (nSPS) is 10.7. The minimum atomic E-state index is -0.259. The fraction of sp³-hybridized carbons (Fsp3) is 0.353. The molecule has 0 aliphatic rings. The van der Waals surface area contributed by atoms with Crippen molar-refractivity contribution in [3.05, 3.63) is 41.2 Å². The predicted molar refractivity (Wildman–Crippen MR) is 91.9 cm³/mol. The van der Waals surface area contributed by atoms with E-state index in [2.05, 4.69) is 15.8 Å². The van der Waals surface area contributed by atoms with Gasteiger partial charge in [0.05, 0.1) is 13.1 Å². The Morgan fingerprint density at radius 2 is 1.67 bits per heavy atom. The molecule has 24 heavy (non-hydrogen) atoms. The Labute approximate surface area is 141 Å². The standard InChI is InChI=1S/C17H22N4O3/c1-11-6-5-7-12(2)17(11)19-16(23)10-21(4)9-15(22)18-14-8-13(3)24-20-14/h5-8H,9-10H2,1-4H3,(H,19,23)(H,18,20,22). The molecule has 0 saturated carbocycles. The fourth-order valence-electron chi connectivity index (χ4n) is 2.34. The lowest BCUT2D eigenvalue weighted by Gasteiger charge is -2.17. The van der Waals surface area contributed by atoms with Gasteiger partial charge in [-0.25, -0.2) is 0 Å². The molecule has 0 atom stereocenters. The van der Waals surface area contributed by atoms with Gasteiger partial charge in [-0.3, -0.25) is 14.5 Å². The number of carbonyl (C=O) groups excluding carboxylic acids is 2. The Morgan fingerprint density at radius 1 is 1.08 bits per heavy atom. The zero-order valence-electron chi connectivity index (χ0n) is 14.3. The van der Waals surface area contributed by atoms with E-state index in [0.29, 0.717) is 11.6 Å². The minimum Gasteiger partial charge on any atom is -0.360 e. The third kappa shape index (κ3) is 4.92. The molecule has 1 aromatic heterocycles. The van der Waals surface area contributed by atoms with Gasteiger partial charge in [-0.2, -0.15) is 0 Å². The summed E-state index contributed by atoms with van der Waals surface area (Å²) < 4.78 is 4.88. The molecule has 2 rings (SSSR count). The quantitative estimate of drug-likeness (QED) is 0.847. The van der Waals surface area contributed by atoms with E-state index in [1.54, 1.807) is 24.9 Å². The smallest absolute Gasteiger partial charge is 0.239 e. The number of anilines is 2. The Kier molecular flexibility index (Phi) is 5.70. The average Bonchev–Trinajstić information content (AvgIpc) is 2.87. The Morgan fingerprint density at radius 3 is 2.21 bits per heavy atom. The van der Waals surface area contributed by atoms with Crippen molar-refractivity contribution in [2.45, 2.75) is 20.8 Å². The second-order valence-electron chi connectivity index (χ2n) is 5.86. The van der Waals surface area contributed by atoms with Gasteiger partial charge in [0, 0.05) is 11.8 Å². The number of nitrogens with zero attached hydrogens (tertiary/aromatic N) is 2. The summed E-state index contributed by atoms with van der Waals surface area (Å²) in [6, 6.07) is 7.47. The van der Waals surface area contributed by atoms with Crippen LogP contribution < -0.4 is 10.6 Å². The molecule has 0 spiro atoms. The molecular weight excluding hydrogens is 308 g/mol. The van der Waals surface area contributed by atoms with Gasteiger partial charge in [-0.15, -0.1) is 0 Å². The topological polar surface area (TPSA) is 87.5 Å². The molecule has 0 aliphatic carbocycles. The maximum Gasteiger partial charge on any atom is 0.239 e. The molecule has 0 radical (unpaired) electrons. The molecule has 7 heteroatoms. The van der Waals surface area contributed by atoms with Gasteiger partial charge < -0.3 is 15.2 Å². The van der Waals surface area contributed by atoms with Crippen molar-refractivity contribution in [1.82, 2.24) is 10.1 Å². The number of aromatic nitrogens is 1. The van der Waals surface area contributed by atoms with E-state index < -0.39 is 0 Å². The van der Waals surface area contributed by atoms with Gasteiger partial charge in [0.2, 0.25) is 11.8 Å². The van der Waals surface area contributed by atoms with E-state index in [9.17, 15) is 9.59 Å². The molecule has 1 heterocycles. The molecule has 0 saturated heterocycles. The maximum atomic E-state index is 12.2. The third-order valence-corrected chi connectivity index (χ3v) is 3.47. The second kappa shape index (κ2) is 7.74. The van der Waals surface area contributed by atoms with Crippen molar-refractivity contribution in [2.24, 2.45) is 0 Å². The lowest BCUT2D eigenvalue weighted by molar-refractivity contribution is -0.119. The summed E-state index contributed by atoms with van der Waals surface area (Å²) in [7, 11) is 1.71. The van der Waals surface area contributed by atoms with E-state index in [4.69, 9.17) is 4.52 Å². The van der Waals surface area contributed by atoms with Crippen LogP contribution in [0, 0.1) is 20.8 Å². The van der Waals surface area contributed by atoms with Crippen molar-refractivity contribution in [3.63, 3.8) is 0 Å². The third-order valence-electron chi connectivity index (χ3n) is 3.47. The van der Waals surface area contributed by atoms with E-state index in [0.717, 1.165) is 16.8 Å². The van der Waals surface area contributed by atoms with Crippen molar-refractivity contribution in [2.75, 3.05) is 30.8 Å². The van der Waals surface area contributed by atoms with E-state index >= 15 is 0 Å². The SMILES string of the molecule is Cc1cc(NC(=O)CN(C)CC(=O)Nc2c(C)cccc2C)no1. The number of nitrogens with one attached hydrogen (secondary N) is 2. The van der Waals surface area contributed by atoms with Gasteiger partial charge >= 0.3 is 0 Å². The largest absolute Gasteiger partial charge is 0.360 e. The van der Waals surface area contributed by atoms with Gasteiger partial charge in [0.1, 0.15) is 5.76 Å². The second-order valence-corrected chi connectivity index (χ2v) is 5.86. The lowest BCUT2D eigenvalue weighted by atomic mass is 10.1. The van der Waals surface area contributed by atoms with E-state index in [1.807, 2.05) is 32.0 Å². The van der Waals surface area contributed by atoms with Crippen LogP contribution in [0.5, 0.6) is 0 Å². The number of rotatable bonds is 6. The maximum absolute atomic E-state index is 12.2. The summed E-state index contributed by atoms with van der Waals surface area (Å²) in [6.07, 6.45) is 0. The number of amides is 2. The van der Waals surface area contributed by atoms with Crippen LogP contribution in [0.1, 0.15) is 16.9 Å². The molecule has 0 fully saturated rings. The van der Waals surface area contributed by atoms with Crippen LogP contribution >= 0.6 is 0 Å². The van der Waals surface area contributed by atoms with E-state index in [1.165, 1.54) is 0 Å². The van der Waals surface area contributed by atoms with Gasteiger partial charge in [0.15, 0.2) is 5.82 Å². The number of carbonyl (C=O) groups is 2. The Hall–Kier alpha value is -2.67. The van der Waals surface area contributed by atoms with Crippen molar-refractivity contribution in [1.29, 1.82) is 0 Å². The summed E-state index contributed by atoms with van der Waals surface area (Å²) in [4.78, 5) is 25.7. The molecule has 1 aromatic carbocycles. The number of benzene rings is 1. The number of hydrogen-bond donors (Lipinski definition) is 2. The van der Waals surface area contributed by atoms with Crippen LogP contribution in [-0.2, 0) is 9.59 Å². The summed E-state index contributed by atoms with van der Waals surface area (Å²) in [5.41, 5.74) is 2.83. The first-order valence-electron chi connectivity index (χ1n) is 7.63. The average molecular weight is 330 g/mol. The molecule has 0 bridgehead atoms. The van der Waals surface area contributed by atoms with Crippen molar-refractivity contribution < 1.29 is 14.1 Å². The van der Waals surface area contributed by atoms with E-state index in [-0.39, 0.29) is 24.9 Å². The molecule has 7 nitrogen and oxygen atoms in total. The summed E-state index contributed by atoms with van der Waals surface area (Å²) >= 11 is 0. The molecule has 2 amide bonds. The monoisotopic (exact) mass is 330 g/mol. The molecule has 128 valence electrons. The number of para-hydroxylation sites is 1. The summed E-state index contributed by atoms with van der Waals surface area (Å²) in [5, 5.41) is 9.21. The zero-order chi connectivity index (χ0) is 17.7. The van der Waals surface area contributed by atoms with Crippen LogP contribution in [0.3, 0.4) is 0 Å². The zero-order valence-corrected chi connectivity index (χ0v) is 14.3. The van der Waals surface area contributed by atoms with Crippen LogP contribution in [0.25, 0.3) is 0 Å². The van der Waals surface area contributed by atoms with Crippen molar-refractivity contribution >= 4 is 23.3 Å². The molecule has 0 unspecified atom stereocenters. The number of likely N-dealkylation sites (N-methyl/N-ethyl adjacent to an activating group) is 1. The van der Waals surface area contributed by atoms with Crippen LogP contribution in [0.2, 0.25) is 0 Å².